The van der Waals surface area contributed by atoms with Crippen LogP contribution in [0, 0.1) is 0 Å². The maximum absolute atomic E-state index is 3.81. The first-order valence-corrected chi connectivity index (χ1v) is 1.77. The molecule has 0 bridgehead atoms. The van der Waals surface area contributed by atoms with Crippen LogP contribution in [0.5, 0.6) is 0 Å². The lowest BCUT2D eigenvalue weighted by atomic mass is 10.2. The molecule has 1 radical (unpaired) electrons. The van der Waals surface area contributed by atoms with Crippen molar-refractivity contribution >= 4 is 13.4 Å². The molecule has 0 fully saturated rings. The number of hydrazine groups is 1. The largest absolute Gasteiger partial charge is 0.391 e. The maximum Gasteiger partial charge on any atom is 0.391 e. The van der Waals surface area contributed by atoms with E-state index in [1.54, 1.807) is 7.55 Å². The molecule has 0 saturated carbocycles. The van der Waals surface area contributed by atoms with E-state index >= 15 is 0 Å². The normalized spacial score (nSPS) is 18.5. The molecule has 4 heteroatoms. The van der Waals surface area contributed by atoms with Gasteiger partial charge in [0.05, 0.1) is 5.84 Å². The summed E-state index contributed by atoms with van der Waals surface area (Å²) < 4.78 is 0. The summed E-state index contributed by atoms with van der Waals surface area (Å²) in [5.41, 5.74) is 2.76. The van der Waals surface area contributed by atoms with Gasteiger partial charge in [0.15, 0.2) is 0 Å². The zero-order valence-electron chi connectivity index (χ0n) is 3.52. The van der Waals surface area contributed by atoms with Crippen LogP contribution in [0.2, 0.25) is 0 Å². The Morgan fingerprint density at radius 3 is 2.83 bits per heavy atom. The molecule has 6 heavy (non-hydrogen) atoms. The molecule has 2 N–H and O–H groups in total. The Morgan fingerprint density at radius 2 is 2.67 bits per heavy atom. The average molecular weight is 81.9 g/mol. The fourth-order valence-electron chi connectivity index (χ4n) is 0.298. The Hall–Kier alpha value is -0.505. The summed E-state index contributed by atoms with van der Waals surface area (Å²) in [4.78, 5) is 3.81. The highest BCUT2D eigenvalue weighted by atomic mass is 15.4. The quantitative estimate of drug-likeness (QED) is 0.369. The molecular weight excluding hydrogens is 76.9 g/mol. The third-order valence-electron chi connectivity index (χ3n) is 0.576. The average Bonchev–Trinajstić information content (AvgIpc) is 1.86. The Morgan fingerprint density at radius 1 is 1.83 bits per heavy atom. The first kappa shape index (κ1) is 3.68. The highest BCUT2D eigenvalue weighted by Gasteiger charge is 1.95. The summed E-state index contributed by atoms with van der Waals surface area (Å²) in [6.45, 7) is 1.89. The molecule has 0 aromatic carbocycles. The van der Waals surface area contributed by atoms with E-state index in [4.69, 9.17) is 0 Å². The molecule has 1 aliphatic heterocycles. The van der Waals surface area contributed by atoms with E-state index in [1.807, 2.05) is 6.92 Å². The second-order valence-electron chi connectivity index (χ2n) is 1.11. The van der Waals surface area contributed by atoms with Gasteiger partial charge in [-0.15, -0.1) is 0 Å². The summed E-state index contributed by atoms with van der Waals surface area (Å²) in [5.74, 6) is 0.912. The molecule has 3 nitrogen and oxygen atoms in total. The lowest BCUT2D eigenvalue weighted by Crippen LogP contribution is -2.29. The minimum atomic E-state index is 0.912. The van der Waals surface area contributed by atoms with Gasteiger partial charge in [0.25, 0.3) is 0 Å². The van der Waals surface area contributed by atoms with Gasteiger partial charge in [-0.2, -0.15) is 0 Å². The molecule has 0 aliphatic carbocycles. The van der Waals surface area contributed by atoms with Crippen LogP contribution in [0.25, 0.3) is 0 Å². The summed E-state index contributed by atoms with van der Waals surface area (Å²) in [6.07, 6.45) is 0. The van der Waals surface area contributed by atoms with Gasteiger partial charge in [-0.3, -0.25) is 5.34 Å². The van der Waals surface area contributed by atoms with Crippen LogP contribution < -0.4 is 10.8 Å². The molecule has 0 spiro atoms. The van der Waals surface area contributed by atoms with Gasteiger partial charge in [-0.25, -0.2) is 0 Å². The number of rotatable bonds is 0. The number of amidine groups is 1. The van der Waals surface area contributed by atoms with E-state index < -0.39 is 0 Å². The van der Waals surface area contributed by atoms with Crippen LogP contribution in [0.15, 0.2) is 4.90 Å². The molecule has 1 aliphatic rings. The van der Waals surface area contributed by atoms with Crippen LogP contribution in [-0.2, 0) is 0 Å². The van der Waals surface area contributed by atoms with Crippen molar-refractivity contribution in [2.24, 2.45) is 4.90 Å². The van der Waals surface area contributed by atoms with Crippen LogP contribution in [-0.4, -0.2) is 13.4 Å². The zero-order chi connectivity index (χ0) is 4.41. The number of nitrogens with zero attached hydrogens (tertiary/aromatic N) is 1. The molecule has 0 aromatic rings. The zero-order valence-corrected chi connectivity index (χ0v) is 3.52. The van der Waals surface area contributed by atoms with E-state index in [0.29, 0.717) is 0 Å². The molecular formula is C2H5BN3. The smallest absolute Gasteiger partial charge is 0.320 e. The van der Waals surface area contributed by atoms with Gasteiger partial charge in [0.2, 0.25) is 0 Å². The number of hydrogen-bond donors (Lipinski definition) is 2. The summed E-state index contributed by atoms with van der Waals surface area (Å²) in [6, 6.07) is 0. The van der Waals surface area contributed by atoms with Crippen LogP contribution >= 0.6 is 0 Å². The fourth-order valence-corrected chi connectivity index (χ4v) is 0.298. The topological polar surface area (TPSA) is 36.4 Å². The summed E-state index contributed by atoms with van der Waals surface area (Å²) in [7, 11) is 1.61. The first-order valence-electron chi connectivity index (χ1n) is 1.77. The van der Waals surface area contributed by atoms with E-state index in [-0.39, 0.29) is 0 Å². The van der Waals surface area contributed by atoms with Gasteiger partial charge in [-0.05, 0) is 6.92 Å². The van der Waals surface area contributed by atoms with Crippen molar-refractivity contribution in [1.82, 2.24) is 10.8 Å². The highest BCUT2D eigenvalue weighted by molar-refractivity contribution is 6.35. The van der Waals surface area contributed by atoms with Crippen molar-refractivity contribution < 1.29 is 0 Å². The Kier molecular flexibility index (Phi) is 0.798. The Balaban J connectivity index is 2.45. The molecule has 0 atom stereocenters. The summed E-state index contributed by atoms with van der Waals surface area (Å²) in [5, 5.41) is 2.69. The molecule has 0 aromatic heterocycles. The number of nitrogens with one attached hydrogen (secondary N) is 2. The monoisotopic (exact) mass is 82.1 g/mol. The van der Waals surface area contributed by atoms with Crippen molar-refractivity contribution in [2.45, 2.75) is 6.92 Å². The molecule has 1 heterocycles. The van der Waals surface area contributed by atoms with Crippen molar-refractivity contribution in [2.75, 3.05) is 0 Å². The lowest BCUT2D eigenvalue weighted by Gasteiger charge is -1.88. The number of hydrogen-bond acceptors (Lipinski definition) is 3. The van der Waals surface area contributed by atoms with E-state index in [9.17, 15) is 0 Å². The van der Waals surface area contributed by atoms with Crippen LogP contribution in [0.3, 0.4) is 0 Å². The van der Waals surface area contributed by atoms with Gasteiger partial charge in [0, 0.05) is 0 Å². The third kappa shape index (κ3) is 0.516. The summed E-state index contributed by atoms with van der Waals surface area (Å²) >= 11 is 0. The lowest BCUT2D eigenvalue weighted by molar-refractivity contribution is 0.924. The van der Waals surface area contributed by atoms with Gasteiger partial charge in [-0.1, -0.05) is 0 Å². The van der Waals surface area contributed by atoms with E-state index in [0.717, 1.165) is 5.84 Å². The van der Waals surface area contributed by atoms with Crippen LogP contribution in [0.4, 0.5) is 0 Å². The maximum atomic E-state index is 3.81. The second-order valence-corrected chi connectivity index (χ2v) is 1.11. The highest BCUT2D eigenvalue weighted by Crippen LogP contribution is 1.70. The second kappa shape index (κ2) is 1.30. The van der Waals surface area contributed by atoms with E-state index in [2.05, 4.69) is 15.7 Å². The molecule has 0 unspecified atom stereocenters. The standard InChI is InChI=1S/C2H5BN3/c1-2-4-3-6-5-2/h6H,1H3,(H,4,5). The fraction of sp³-hybridized carbons (Fsp3) is 0.500. The predicted octanol–water partition coefficient (Wildman–Crippen LogP) is -0.953. The van der Waals surface area contributed by atoms with E-state index in [1.165, 1.54) is 0 Å². The van der Waals surface area contributed by atoms with Crippen LogP contribution in [0.1, 0.15) is 6.92 Å². The van der Waals surface area contributed by atoms with Crippen molar-refractivity contribution in [3.63, 3.8) is 0 Å². The van der Waals surface area contributed by atoms with Crippen molar-refractivity contribution in [3.05, 3.63) is 0 Å². The molecule has 1 rings (SSSR count). The first-order chi connectivity index (χ1) is 2.89. The minimum absolute atomic E-state index is 0.912. The predicted molar refractivity (Wildman–Crippen MR) is 25.1 cm³/mol. The third-order valence-corrected chi connectivity index (χ3v) is 0.576. The molecule has 31 valence electrons. The Labute approximate surface area is 37.1 Å². The van der Waals surface area contributed by atoms with Gasteiger partial charge < -0.3 is 10.3 Å². The van der Waals surface area contributed by atoms with Crippen molar-refractivity contribution in [3.8, 4) is 0 Å². The Bertz CT molecular complexity index is 78.9. The molecule has 0 saturated heterocycles. The molecule has 0 amide bonds. The van der Waals surface area contributed by atoms with Gasteiger partial charge >= 0.3 is 7.55 Å². The van der Waals surface area contributed by atoms with Crippen molar-refractivity contribution in [1.29, 1.82) is 0 Å². The SMILES string of the molecule is CC1=N[B]NN1. The minimum Gasteiger partial charge on any atom is -0.320 e. The van der Waals surface area contributed by atoms with Gasteiger partial charge in [0.1, 0.15) is 0 Å².